The molecule has 8 nitrogen and oxygen atoms in total. The molecular formula is C17H22N4O4S2. The average molecular weight is 411 g/mol. The Labute approximate surface area is 166 Å². The van der Waals surface area contributed by atoms with Gasteiger partial charge < -0.3 is 20.1 Å². The van der Waals surface area contributed by atoms with E-state index in [0.29, 0.717) is 20.6 Å². The van der Waals surface area contributed by atoms with Crippen molar-refractivity contribution in [2.24, 2.45) is 7.05 Å². The highest BCUT2D eigenvalue weighted by molar-refractivity contribution is 7.80. The van der Waals surface area contributed by atoms with E-state index in [4.69, 9.17) is 21.7 Å². The Morgan fingerprint density at radius 1 is 1.26 bits per heavy atom. The zero-order valence-corrected chi connectivity index (χ0v) is 17.6. The maximum atomic E-state index is 12.2. The SMILES string of the molecule is COC(=O)c1sc(NC(=S)NC(C)c2cnn(C)c2C)c(C(=O)OC)c1C. The second-order valence-electron chi connectivity index (χ2n) is 5.87. The van der Waals surface area contributed by atoms with Crippen molar-refractivity contribution in [3.8, 4) is 0 Å². The average Bonchev–Trinajstić information content (AvgIpc) is 3.13. The van der Waals surface area contributed by atoms with Crippen LogP contribution in [0.3, 0.4) is 0 Å². The fourth-order valence-electron chi connectivity index (χ4n) is 2.59. The van der Waals surface area contributed by atoms with Crippen molar-refractivity contribution >= 4 is 45.6 Å². The predicted octanol–water partition coefficient (Wildman–Crippen LogP) is 2.72. The highest BCUT2D eigenvalue weighted by Crippen LogP contribution is 2.34. The number of ether oxygens (including phenoxy) is 2. The smallest absolute Gasteiger partial charge is 0.348 e. The second kappa shape index (κ2) is 8.49. The van der Waals surface area contributed by atoms with Crippen molar-refractivity contribution in [1.29, 1.82) is 0 Å². The van der Waals surface area contributed by atoms with E-state index in [9.17, 15) is 9.59 Å². The third kappa shape index (κ3) is 4.28. The Morgan fingerprint density at radius 2 is 1.89 bits per heavy atom. The molecule has 0 amide bonds. The van der Waals surface area contributed by atoms with Gasteiger partial charge in [-0.05, 0) is 38.6 Å². The lowest BCUT2D eigenvalue weighted by molar-refractivity contribution is 0.0601. The van der Waals surface area contributed by atoms with Gasteiger partial charge in [-0.2, -0.15) is 5.10 Å². The molecule has 2 N–H and O–H groups in total. The Bertz CT molecular complexity index is 888. The molecule has 1 atom stereocenters. The van der Waals surface area contributed by atoms with Crippen LogP contribution in [-0.2, 0) is 16.5 Å². The molecule has 0 aliphatic heterocycles. The molecule has 10 heteroatoms. The van der Waals surface area contributed by atoms with Crippen molar-refractivity contribution in [2.75, 3.05) is 19.5 Å². The van der Waals surface area contributed by atoms with E-state index in [2.05, 4.69) is 15.7 Å². The summed E-state index contributed by atoms with van der Waals surface area (Å²) in [5, 5.41) is 11.1. The highest BCUT2D eigenvalue weighted by Gasteiger charge is 2.26. The van der Waals surface area contributed by atoms with Crippen molar-refractivity contribution in [3.05, 3.63) is 33.5 Å². The van der Waals surface area contributed by atoms with Crippen LogP contribution in [0.15, 0.2) is 6.20 Å². The third-order valence-corrected chi connectivity index (χ3v) is 5.63. The monoisotopic (exact) mass is 410 g/mol. The van der Waals surface area contributed by atoms with Crippen LogP contribution in [0.2, 0.25) is 0 Å². The number of aryl methyl sites for hydroxylation is 1. The number of thiocarbonyl (C=S) groups is 1. The first kappa shape index (κ1) is 20.8. The van der Waals surface area contributed by atoms with Gasteiger partial charge in [0, 0.05) is 18.3 Å². The van der Waals surface area contributed by atoms with E-state index in [1.807, 2.05) is 20.9 Å². The fraction of sp³-hybridized carbons (Fsp3) is 0.412. The van der Waals surface area contributed by atoms with E-state index in [0.717, 1.165) is 22.6 Å². The van der Waals surface area contributed by atoms with Crippen molar-refractivity contribution in [2.45, 2.75) is 26.8 Å². The molecule has 0 aliphatic carbocycles. The number of thiophene rings is 1. The van der Waals surface area contributed by atoms with Crippen LogP contribution < -0.4 is 10.6 Å². The number of rotatable bonds is 5. The molecule has 1 unspecified atom stereocenters. The highest BCUT2D eigenvalue weighted by atomic mass is 32.1. The summed E-state index contributed by atoms with van der Waals surface area (Å²) in [5.74, 6) is -1.07. The maximum absolute atomic E-state index is 12.2. The zero-order chi connectivity index (χ0) is 20.3. The molecule has 0 bridgehead atoms. The lowest BCUT2D eigenvalue weighted by Crippen LogP contribution is -2.31. The largest absolute Gasteiger partial charge is 0.465 e. The summed E-state index contributed by atoms with van der Waals surface area (Å²) in [4.78, 5) is 24.4. The maximum Gasteiger partial charge on any atom is 0.348 e. The zero-order valence-electron chi connectivity index (χ0n) is 16.0. The minimum atomic E-state index is -0.555. The van der Waals surface area contributed by atoms with E-state index < -0.39 is 11.9 Å². The van der Waals surface area contributed by atoms with E-state index in [-0.39, 0.29) is 11.6 Å². The summed E-state index contributed by atoms with van der Waals surface area (Å²) >= 11 is 6.47. The number of hydrogen-bond acceptors (Lipinski definition) is 7. The molecule has 27 heavy (non-hydrogen) atoms. The number of hydrogen-bond donors (Lipinski definition) is 2. The van der Waals surface area contributed by atoms with Gasteiger partial charge in [-0.25, -0.2) is 9.59 Å². The van der Waals surface area contributed by atoms with Gasteiger partial charge in [0.05, 0.1) is 32.0 Å². The van der Waals surface area contributed by atoms with E-state index in [1.165, 1.54) is 14.2 Å². The summed E-state index contributed by atoms with van der Waals surface area (Å²) in [6, 6.07) is -0.0959. The molecule has 2 aromatic rings. The normalized spacial score (nSPS) is 11.6. The van der Waals surface area contributed by atoms with Crippen LogP contribution in [-0.4, -0.2) is 41.1 Å². The number of carbonyl (C=O) groups excluding carboxylic acids is 2. The van der Waals surface area contributed by atoms with Gasteiger partial charge in [-0.15, -0.1) is 11.3 Å². The van der Waals surface area contributed by atoms with Crippen LogP contribution in [0, 0.1) is 13.8 Å². The lowest BCUT2D eigenvalue weighted by Gasteiger charge is -2.17. The van der Waals surface area contributed by atoms with E-state index >= 15 is 0 Å². The lowest BCUT2D eigenvalue weighted by atomic mass is 10.1. The van der Waals surface area contributed by atoms with Crippen LogP contribution in [0.5, 0.6) is 0 Å². The topological polar surface area (TPSA) is 94.5 Å². The molecule has 0 aromatic carbocycles. The number of carbonyl (C=O) groups is 2. The van der Waals surface area contributed by atoms with Crippen molar-refractivity contribution in [1.82, 2.24) is 15.1 Å². The Morgan fingerprint density at radius 3 is 2.41 bits per heavy atom. The minimum absolute atomic E-state index is 0.0959. The Balaban J connectivity index is 2.25. The van der Waals surface area contributed by atoms with Crippen molar-refractivity contribution < 1.29 is 19.1 Å². The molecule has 2 heterocycles. The molecule has 0 aliphatic rings. The quantitative estimate of drug-likeness (QED) is 0.574. The summed E-state index contributed by atoms with van der Waals surface area (Å²) < 4.78 is 11.4. The van der Waals surface area contributed by atoms with Gasteiger partial charge in [0.2, 0.25) is 0 Å². The first-order valence-corrected chi connectivity index (χ1v) is 9.29. The standard InChI is InChI=1S/C17H22N4O4S2/c1-8-12(15(22)24-5)14(27-13(8)16(23)25-6)20-17(26)19-9(2)11-7-18-21(4)10(11)3/h7,9H,1-6H3,(H2,19,20,26). The number of aromatic nitrogens is 2. The van der Waals surface area contributed by atoms with Gasteiger partial charge in [0.15, 0.2) is 5.11 Å². The molecule has 0 spiro atoms. The summed E-state index contributed by atoms with van der Waals surface area (Å²) in [6.07, 6.45) is 1.78. The number of nitrogens with zero attached hydrogens (tertiary/aromatic N) is 2. The van der Waals surface area contributed by atoms with Crippen LogP contribution in [0.1, 0.15) is 49.8 Å². The number of esters is 2. The Hall–Kier alpha value is -2.46. The van der Waals surface area contributed by atoms with Gasteiger partial charge in [0.25, 0.3) is 0 Å². The summed E-state index contributed by atoms with van der Waals surface area (Å²) in [6.45, 7) is 5.59. The molecule has 0 saturated heterocycles. The first-order valence-electron chi connectivity index (χ1n) is 8.07. The summed E-state index contributed by atoms with van der Waals surface area (Å²) in [5.41, 5.74) is 2.78. The molecule has 2 rings (SSSR count). The number of methoxy groups -OCH3 is 2. The summed E-state index contributed by atoms with van der Waals surface area (Å²) in [7, 11) is 4.44. The van der Waals surface area contributed by atoms with E-state index in [1.54, 1.807) is 17.8 Å². The number of anilines is 1. The van der Waals surface area contributed by atoms with Crippen LogP contribution in [0.4, 0.5) is 5.00 Å². The third-order valence-electron chi connectivity index (χ3n) is 4.22. The molecular weight excluding hydrogens is 388 g/mol. The first-order chi connectivity index (χ1) is 12.7. The molecule has 0 radical (unpaired) electrons. The minimum Gasteiger partial charge on any atom is -0.465 e. The fourth-order valence-corrected chi connectivity index (χ4v) is 4.05. The van der Waals surface area contributed by atoms with Crippen LogP contribution >= 0.6 is 23.6 Å². The second-order valence-corrected chi connectivity index (χ2v) is 7.30. The number of nitrogens with one attached hydrogen (secondary N) is 2. The molecule has 146 valence electrons. The van der Waals surface area contributed by atoms with Gasteiger partial charge in [0.1, 0.15) is 9.88 Å². The van der Waals surface area contributed by atoms with Crippen LogP contribution in [0.25, 0.3) is 0 Å². The predicted molar refractivity (Wildman–Crippen MR) is 107 cm³/mol. The van der Waals surface area contributed by atoms with Gasteiger partial charge in [-0.1, -0.05) is 0 Å². The Kier molecular flexibility index (Phi) is 6.55. The molecule has 0 fully saturated rings. The molecule has 2 aromatic heterocycles. The van der Waals surface area contributed by atoms with Crippen molar-refractivity contribution in [3.63, 3.8) is 0 Å². The molecule has 0 saturated carbocycles. The van der Waals surface area contributed by atoms with Gasteiger partial charge in [-0.3, -0.25) is 4.68 Å². The van der Waals surface area contributed by atoms with Gasteiger partial charge >= 0.3 is 11.9 Å².